The lowest BCUT2D eigenvalue weighted by Crippen LogP contribution is -2.40. The fourth-order valence-electron chi connectivity index (χ4n) is 3.86. The van der Waals surface area contributed by atoms with E-state index in [4.69, 9.17) is 14.9 Å². The molecule has 1 atom stereocenters. The monoisotopic (exact) mass is 487 g/mol. The van der Waals surface area contributed by atoms with Gasteiger partial charge >= 0.3 is 6.03 Å². The zero-order valence-electron chi connectivity index (χ0n) is 21.8. The number of carbonyl (C=O) groups is 1. The Kier molecular flexibility index (Phi) is 10.3. The zero-order chi connectivity index (χ0) is 26.1. The molecule has 0 aliphatic heterocycles. The summed E-state index contributed by atoms with van der Waals surface area (Å²) in [4.78, 5) is 15.7. The second-order valence-electron chi connectivity index (χ2n) is 8.81. The number of halogens is 1. The predicted molar refractivity (Wildman–Crippen MR) is 139 cm³/mol. The van der Waals surface area contributed by atoms with Gasteiger partial charge in [-0.1, -0.05) is 0 Å². The first-order valence-electron chi connectivity index (χ1n) is 11.6. The van der Waals surface area contributed by atoms with Gasteiger partial charge in [0.15, 0.2) is 11.5 Å². The molecule has 0 saturated carbocycles. The number of ether oxygens (including phenoxy) is 2. The number of carbonyl (C=O) groups excluding carboxylic acids is 1. The molecule has 0 radical (unpaired) electrons. The van der Waals surface area contributed by atoms with Gasteiger partial charge in [-0.25, -0.2) is 9.18 Å². The molecular weight excluding hydrogens is 449 g/mol. The number of nitrogens with one attached hydrogen (secondary N) is 3. The molecule has 0 aliphatic carbocycles. The molecule has 192 valence electrons. The third-order valence-corrected chi connectivity index (χ3v) is 5.75. The van der Waals surface area contributed by atoms with Crippen LogP contribution in [0.15, 0.2) is 30.3 Å². The van der Waals surface area contributed by atoms with Gasteiger partial charge < -0.3 is 29.9 Å². The maximum absolute atomic E-state index is 14.7. The van der Waals surface area contributed by atoms with Crippen LogP contribution in [-0.2, 0) is 6.42 Å². The Morgan fingerprint density at radius 1 is 1.09 bits per heavy atom. The molecule has 0 bridgehead atoms. The van der Waals surface area contributed by atoms with E-state index in [0.717, 1.165) is 18.5 Å². The van der Waals surface area contributed by atoms with Crippen molar-refractivity contribution < 1.29 is 18.7 Å². The summed E-state index contributed by atoms with van der Waals surface area (Å²) in [5, 5.41) is 14.4. The maximum Gasteiger partial charge on any atom is 0.314 e. The number of hydrogen-bond acceptors (Lipinski definition) is 6. The summed E-state index contributed by atoms with van der Waals surface area (Å²) in [5.74, 6) is 0.697. The van der Waals surface area contributed by atoms with Gasteiger partial charge in [-0.2, -0.15) is 0 Å². The van der Waals surface area contributed by atoms with Crippen LogP contribution in [0.3, 0.4) is 0 Å². The van der Waals surface area contributed by atoms with Crippen LogP contribution in [0, 0.1) is 11.2 Å². The molecule has 2 aromatic carbocycles. The molecule has 9 heteroatoms. The van der Waals surface area contributed by atoms with Crippen molar-refractivity contribution in [3.63, 3.8) is 0 Å². The number of benzene rings is 2. The molecule has 3 N–H and O–H groups in total. The lowest BCUT2D eigenvalue weighted by Gasteiger charge is -2.23. The van der Waals surface area contributed by atoms with Gasteiger partial charge in [0.2, 0.25) is 0 Å². The highest BCUT2D eigenvalue weighted by molar-refractivity contribution is 6.12. The molecule has 0 aliphatic rings. The number of rotatable bonds is 12. The van der Waals surface area contributed by atoms with Crippen LogP contribution in [0.4, 0.5) is 14.9 Å². The second-order valence-corrected chi connectivity index (χ2v) is 8.81. The van der Waals surface area contributed by atoms with E-state index in [1.54, 1.807) is 39.5 Å². The van der Waals surface area contributed by atoms with Crippen molar-refractivity contribution >= 4 is 17.4 Å². The first-order chi connectivity index (χ1) is 16.6. The Balaban J connectivity index is 2.43. The average Bonchev–Trinajstić information content (AvgIpc) is 2.83. The molecule has 0 fully saturated rings. The zero-order valence-corrected chi connectivity index (χ0v) is 21.8. The summed E-state index contributed by atoms with van der Waals surface area (Å²) in [6, 6.07) is 7.82. The van der Waals surface area contributed by atoms with Crippen LogP contribution in [-0.4, -0.2) is 78.2 Å². The number of amides is 2. The molecular formula is C26H38FN5O3. The summed E-state index contributed by atoms with van der Waals surface area (Å²) < 4.78 is 25.6. The van der Waals surface area contributed by atoms with Crippen molar-refractivity contribution in [2.45, 2.75) is 25.8 Å². The van der Waals surface area contributed by atoms with Gasteiger partial charge in [0.05, 0.1) is 25.6 Å². The molecule has 2 rings (SSSR count). The first-order valence-corrected chi connectivity index (χ1v) is 11.6. The minimum atomic E-state index is -0.329. The van der Waals surface area contributed by atoms with Crippen molar-refractivity contribution in [2.24, 2.45) is 0 Å². The average molecular weight is 488 g/mol. The quantitative estimate of drug-likeness (QED) is 0.399. The molecule has 8 nitrogen and oxygen atoms in total. The third kappa shape index (κ3) is 7.58. The Bertz CT molecular complexity index is 1030. The number of urea groups is 1. The largest absolute Gasteiger partial charge is 0.493 e. The molecule has 35 heavy (non-hydrogen) atoms. The van der Waals surface area contributed by atoms with Crippen molar-refractivity contribution in [2.75, 3.05) is 60.4 Å². The van der Waals surface area contributed by atoms with Crippen molar-refractivity contribution in [1.29, 1.82) is 5.41 Å². The van der Waals surface area contributed by atoms with E-state index >= 15 is 0 Å². The normalized spacial score (nSPS) is 11.7. The summed E-state index contributed by atoms with van der Waals surface area (Å²) in [6.45, 7) is 3.48. The maximum atomic E-state index is 14.7. The van der Waals surface area contributed by atoms with Crippen molar-refractivity contribution in [3.8, 4) is 11.5 Å². The molecule has 0 aromatic heterocycles. The highest BCUT2D eigenvalue weighted by Crippen LogP contribution is 2.33. The molecule has 0 saturated heterocycles. The molecule has 2 aromatic rings. The molecule has 1 unspecified atom stereocenters. The van der Waals surface area contributed by atoms with E-state index in [1.165, 1.54) is 6.07 Å². The predicted octanol–water partition coefficient (Wildman–Crippen LogP) is 3.51. The number of anilines is 1. The van der Waals surface area contributed by atoms with E-state index in [9.17, 15) is 9.18 Å². The topological polar surface area (TPSA) is 89.9 Å². The number of methoxy groups -OCH3 is 2. The van der Waals surface area contributed by atoms with Gasteiger partial charge in [-0.15, -0.1) is 0 Å². The number of nitrogens with zero attached hydrogens (tertiary/aromatic N) is 2. The third-order valence-electron chi connectivity index (χ3n) is 5.75. The summed E-state index contributed by atoms with van der Waals surface area (Å²) in [5.41, 5.74) is 2.70. The van der Waals surface area contributed by atoms with E-state index in [0.29, 0.717) is 41.3 Å². The van der Waals surface area contributed by atoms with E-state index in [2.05, 4.69) is 15.5 Å². The van der Waals surface area contributed by atoms with Crippen LogP contribution >= 0.6 is 0 Å². The van der Waals surface area contributed by atoms with Crippen molar-refractivity contribution in [1.82, 2.24) is 15.5 Å². The summed E-state index contributed by atoms with van der Waals surface area (Å²) in [6.07, 6.45) is 1.35. The highest BCUT2D eigenvalue weighted by Gasteiger charge is 2.20. The van der Waals surface area contributed by atoms with Crippen molar-refractivity contribution in [3.05, 3.63) is 52.8 Å². The first kappa shape index (κ1) is 27.9. The van der Waals surface area contributed by atoms with E-state index < -0.39 is 0 Å². The van der Waals surface area contributed by atoms with Crippen LogP contribution < -0.4 is 25.0 Å². The molecule has 0 spiro atoms. The summed E-state index contributed by atoms with van der Waals surface area (Å²) >= 11 is 0. The Morgan fingerprint density at radius 2 is 1.74 bits per heavy atom. The molecule has 0 heterocycles. The van der Waals surface area contributed by atoms with Crippen LogP contribution in [0.25, 0.3) is 0 Å². The Hall–Kier alpha value is -3.33. The van der Waals surface area contributed by atoms with E-state index in [-0.39, 0.29) is 23.6 Å². The van der Waals surface area contributed by atoms with Crippen LogP contribution in [0.1, 0.15) is 30.0 Å². The van der Waals surface area contributed by atoms with Gasteiger partial charge in [0, 0.05) is 37.8 Å². The smallest absolute Gasteiger partial charge is 0.314 e. The molecule has 2 amide bonds. The minimum absolute atomic E-state index is 0.203. The van der Waals surface area contributed by atoms with E-state index in [1.807, 2.05) is 39.0 Å². The van der Waals surface area contributed by atoms with Crippen LogP contribution in [0.2, 0.25) is 0 Å². The standard InChI is InChI=1S/C26H38FN5O3/c1-17(30-26(33)29-2)13-19-15-23(34-6)24(35-7)16-20(19)25(28)18-9-10-21(27)22(14-18)32(5)12-8-11-31(3)4/h9-10,14-17,28H,8,11-13H2,1-7H3,(H2,29,30,33). The lowest BCUT2D eigenvalue weighted by atomic mass is 9.93. The van der Waals surface area contributed by atoms with Gasteiger partial charge in [-0.05, 0) is 76.3 Å². The lowest BCUT2D eigenvalue weighted by molar-refractivity contribution is 0.240. The highest BCUT2D eigenvalue weighted by atomic mass is 19.1. The van der Waals surface area contributed by atoms with Crippen LogP contribution in [0.5, 0.6) is 11.5 Å². The van der Waals surface area contributed by atoms with Gasteiger partial charge in [0.1, 0.15) is 5.82 Å². The van der Waals surface area contributed by atoms with Gasteiger partial charge in [-0.3, -0.25) is 5.41 Å². The minimum Gasteiger partial charge on any atom is -0.493 e. The SMILES string of the molecule is CNC(=O)NC(C)Cc1cc(OC)c(OC)cc1C(=N)c1ccc(F)c(N(C)CCCN(C)C)c1. The Morgan fingerprint density at radius 3 is 2.34 bits per heavy atom. The number of hydrogen-bond donors (Lipinski definition) is 3. The Labute approximate surface area is 207 Å². The second kappa shape index (κ2) is 12.9. The summed E-state index contributed by atoms with van der Waals surface area (Å²) in [7, 11) is 10.5. The fourth-order valence-corrected chi connectivity index (χ4v) is 3.86. The fraction of sp³-hybridized carbons (Fsp3) is 0.462. The van der Waals surface area contributed by atoms with Gasteiger partial charge in [0.25, 0.3) is 0 Å².